The van der Waals surface area contributed by atoms with Crippen molar-refractivity contribution in [3.8, 4) is 11.5 Å². The zero-order valence-corrected chi connectivity index (χ0v) is 20.6. The third-order valence-electron chi connectivity index (χ3n) is 5.49. The van der Waals surface area contributed by atoms with E-state index in [1.807, 2.05) is 41.9 Å². The number of ether oxygens (including phenoxy) is 4. The predicted octanol–water partition coefficient (Wildman–Crippen LogP) is 4.15. The van der Waals surface area contributed by atoms with Gasteiger partial charge >= 0.3 is 0 Å². The van der Waals surface area contributed by atoms with Gasteiger partial charge in [0.05, 0.1) is 31.6 Å². The van der Waals surface area contributed by atoms with Gasteiger partial charge in [-0.1, -0.05) is 11.6 Å². The number of carbonyl (C=O) groups excluding carboxylic acids is 1. The number of carbonyl (C=O) groups is 1. The van der Waals surface area contributed by atoms with E-state index in [0.717, 1.165) is 0 Å². The molecule has 0 radical (unpaired) electrons. The molecule has 2 heterocycles. The van der Waals surface area contributed by atoms with Crippen molar-refractivity contribution in [2.24, 2.45) is 0 Å². The highest BCUT2D eigenvalue weighted by Gasteiger charge is 2.45. The van der Waals surface area contributed by atoms with Gasteiger partial charge in [0, 0.05) is 49.9 Å². The Hall–Kier alpha value is -3.33. The van der Waals surface area contributed by atoms with Crippen LogP contribution >= 0.6 is 11.6 Å². The van der Waals surface area contributed by atoms with Crippen molar-refractivity contribution < 1.29 is 23.7 Å². The minimum Gasteiger partial charge on any atom is -0.497 e. The molecule has 1 aromatic heterocycles. The van der Waals surface area contributed by atoms with Gasteiger partial charge in [0.25, 0.3) is 0 Å². The molecule has 1 aliphatic heterocycles. The zero-order valence-electron chi connectivity index (χ0n) is 19.9. The van der Waals surface area contributed by atoms with Gasteiger partial charge < -0.3 is 28.4 Å². The summed E-state index contributed by atoms with van der Waals surface area (Å²) in [4.78, 5) is 18.1. The van der Waals surface area contributed by atoms with Crippen LogP contribution in [0.25, 0.3) is 0 Å². The van der Waals surface area contributed by atoms with Gasteiger partial charge in [-0.25, -0.2) is 4.98 Å². The van der Waals surface area contributed by atoms with Gasteiger partial charge in [-0.15, -0.1) is 0 Å². The quantitative estimate of drug-likeness (QED) is 0.307. The van der Waals surface area contributed by atoms with Crippen LogP contribution in [0.4, 0.5) is 0 Å². The van der Waals surface area contributed by atoms with Crippen molar-refractivity contribution >= 4 is 17.4 Å². The number of benzene rings is 2. The number of allylic oxidation sites excluding steroid dienone is 1. The Morgan fingerprint density at radius 2 is 2.03 bits per heavy atom. The monoisotopic (exact) mass is 497 g/mol. The first-order valence-corrected chi connectivity index (χ1v) is 11.5. The molecule has 4 rings (SSSR count). The van der Waals surface area contributed by atoms with Crippen molar-refractivity contribution in [2.75, 3.05) is 34.4 Å². The van der Waals surface area contributed by atoms with Crippen LogP contribution in [-0.2, 0) is 21.8 Å². The largest absolute Gasteiger partial charge is 0.497 e. The molecule has 184 valence electrons. The van der Waals surface area contributed by atoms with E-state index in [1.165, 1.54) is 6.08 Å². The summed E-state index contributed by atoms with van der Waals surface area (Å²) in [6.07, 6.45) is 8.15. The fourth-order valence-electron chi connectivity index (χ4n) is 3.73. The smallest absolute Gasteiger partial charge is 0.215 e. The van der Waals surface area contributed by atoms with Crippen LogP contribution in [0.1, 0.15) is 15.9 Å². The summed E-state index contributed by atoms with van der Waals surface area (Å²) in [7, 11) is 5.32. The normalized spacial score (nSPS) is 19.7. The molecule has 1 aliphatic rings. The predicted molar refractivity (Wildman–Crippen MR) is 132 cm³/mol. The zero-order chi connectivity index (χ0) is 24.8. The van der Waals surface area contributed by atoms with Gasteiger partial charge in [0.2, 0.25) is 5.79 Å². The van der Waals surface area contributed by atoms with Crippen molar-refractivity contribution in [3.63, 3.8) is 0 Å². The van der Waals surface area contributed by atoms with Gasteiger partial charge in [-0.2, -0.15) is 0 Å². The minimum absolute atomic E-state index is 0.0709. The summed E-state index contributed by atoms with van der Waals surface area (Å²) in [6.45, 7) is 0.961. The van der Waals surface area contributed by atoms with Gasteiger partial charge in [0.15, 0.2) is 5.78 Å². The van der Waals surface area contributed by atoms with E-state index in [0.29, 0.717) is 40.8 Å². The summed E-state index contributed by atoms with van der Waals surface area (Å²) >= 11 is 6.59. The molecule has 2 atom stereocenters. The first-order chi connectivity index (χ1) is 16.9. The molecule has 3 aromatic rings. The number of rotatable bonds is 10. The maximum atomic E-state index is 12.2. The molecule has 0 saturated carbocycles. The highest BCUT2D eigenvalue weighted by atomic mass is 35.5. The highest BCUT2D eigenvalue weighted by molar-refractivity contribution is 6.31. The van der Waals surface area contributed by atoms with Crippen LogP contribution in [0.2, 0.25) is 5.02 Å². The van der Waals surface area contributed by atoms with Gasteiger partial charge in [-0.05, 0) is 42.5 Å². The molecule has 0 aliphatic carbocycles. The molecule has 0 bridgehead atoms. The Balaban J connectivity index is 1.44. The number of halogens is 1. The van der Waals surface area contributed by atoms with Gasteiger partial charge in [0.1, 0.15) is 24.2 Å². The lowest BCUT2D eigenvalue weighted by Crippen LogP contribution is -2.34. The summed E-state index contributed by atoms with van der Waals surface area (Å²) in [5.41, 5.74) is 1.29. The summed E-state index contributed by atoms with van der Waals surface area (Å²) in [5.74, 6) is 0.107. The SMILES string of the molecule is COc1ccc(C2(Cn3ccnc3)OCC(COc3ccc(C(=O)C=CN(C)C)cc3)O2)c(Cl)c1. The van der Waals surface area contributed by atoms with Crippen LogP contribution in [0.5, 0.6) is 11.5 Å². The second-order valence-corrected chi connectivity index (χ2v) is 8.77. The molecule has 9 heteroatoms. The Morgan fingerprint density at radius 1 is 1.26 bits per heavy atom. The number of hydrogen-bond donors (Lipinski definition) is 0. The molecule has 35 heavy (non-hydrogen) atoms. The lowest BCUT2D eigenvalue weighted by Gasteiger charge is -2.30. The van der Waals surface area contributed by atoms with Crippen LogP contribution < -0.4 is 9.47 Å². The topological polar surface area (TPSA) is 75.1 Å². The molecule has 0 N–H and O–H groups in total. The Morgan fingerprint density at radius 3 is 2.69 bits per heavy atom. The number of methoxy groups -OCH3 is 1. The van der Waals surface area contributed by atoms with E-state index in [9.17, 15) is 4.79 Å². The fourth-order valence-corrected chi connectivity index (χ4v) is 4.04. The Kier molecular flexibility index (Phi) is 7.75. The summed E-state index contributed by atoms with van der Waals surface area (Å²) in [5, 5.41) is 0.481. The molecule has 1 fully saturated rings. The third-order valence-corrected chi connectivity index (χ3v) is 5.81. The molecule has 1 saturated heterocycles. The average molecular weight is 498 g/mol. The molecule has 2 unspecified atom stereocenters. The number of aromatic nitrogens is 2. The molecule has 2 aromatic carbocycles. The lowest BCUT2D eigenvalue weighted by molar-refractivity contribution is -0.189. The van der Waals surface area contributed by atoms with Crippen molar-refractivity contribution in [1.29, 1.82) is 0 Å². The molecule has 0 amide bonds. The van der Waals surface area contributed by atoms with E-state index in [2.05, 4.69) is 4.98 Å². The first-order valence-electron chi connectivity index (χ1n) is 11.1. The number of ketones is 1. The van der Waals surface area contributed by atoms with Crippen LogP contribution in [-0.4, -0.2) is 60.8 Å². The van der Waals surface area contributed by atoms with Crippen LogP contribution in [0.15, 0.2) is 73.5 Å². The Labute approximate surface area is 209 Å². The maximum absolute atomic E-state index is 12.2. The van der Waals surface area contributed by atoms with Crippen LogP contribution in [0.3, 0.4) is 0 Å². The third kappa shape index (κ3) is 6.03. The van der Waals surface area contributed by atoms with E-state index >= 15 is 0 Å². The molecular formula is C26H28ClN3O5. The van der Waals surface area contributed by atoms with Gasteiger partial charge in [-0.3, -0.25) is 4.79 Å². The van der Waals surface area contributed by atoms with Crippen molar-refractivity contribution in [3.05, 3.63) is 89.6 Å². The number of imidazole rings is 1. The summed E-state index contributed by atoms with van der Waals surface area (Å²) < 4.78 is 25.7. The second-order valence-electron chi connectivity index (χ2n) is 8.36. The highest BCUT2D eigenvalue weighted by Crippen LogP contribution is 2.41. The number of hydrogen-bond acceptors (Lipinski definition) is 7. The van der Waals surface area contributed by atoms with E-state index < -0.39 is 5.79 Å². The van der Waals surface area contributed by atoms with Crippen molar-refractivity contribution in [1.82, 2.24) is 14.5 Å². The van der Waals surface area contributed by atoms with Crippen molar-refractivity contribution in [2.45, 2.75) is 18.4 Å². The fraction of sp³-hybridized carbons (Fsp3) is 0.308. The van der Waals surface area contributed by atoms with E-state index in [4.69, 9.17) is 30.5 Å². The molecule has 0 spiro atoms. The van der Waals surface area contributed by atoms with E-state index in [-0.39, 0.29) is 18.5 Å². The Bertz CT molecular complexity index is 1160. The van der Waals surface area contributed by atoms with E-state index in [1.54, 1.807) is 56.2 Å². The van der Waals surface area contributed by atoms with Crippen LogP contribution in [0, 0.1) is 0 Å². The molecular weight excluding hydrogens is 470 g/mol. The minimum atomic E-state index is -1.10. The average Bonchev–Trinajstić information content (AvgIpc) is 3.52. The second kappa shape index (κ2) is 10.9. The lowest BCUT2D eigenvalue weighted by atomic mass is 10.1. The number of nitrogens with zero attached hydrogens (tertiary/aromatic N) is 3. The standard InChI is InChI=1S/C26H28ClN3O5/c1-29(2)12-10-25(31)19-4-6-20(7-5-19)33-15-22-16-34-26(35-22,17-30-13-11-28-18-30)23-9-8-21(32-3)14-24(23)27/h4-14,18,22H,15-17H2,1-3H3. The maximum Gasteiger partial charge on any atom is 0.215 e. The first kappa shape index (κ1) is 24.8. The summed E-state index contributed by atoms with van der Waals surface area (Å²) in [6, 6.07) is 12.4. The molecule has 8 nitrogen and oxygen atoms in total.